The molecule has 4 rings (SSSR count). The van der Waals surface area contributed by atoms with Crippen molar-refractivity contribution in [3.63, 3.8) is 0 Å². The zero-order valence-corrected chi connectivity index (χ0v) is 18.1. The Kier molecular flexibility index (Phi) is 6.69. The monoisotopic (exact) mass is 428 g/mol. The van der Waals surface area contributed by atoms with Gasteiger partial charge in [-0.05, 0) is 31.4 Å². The highest BCUT2D eigenvalue weighted by Crippen LogP contribution is 2.39. The molecule has 6 nitrogen and oxygen atoms in total. The van der Waals surface area contributed by atoms with Crippen molar-refractivity contribution in [2.45, 2.75) is 44.8 Å². The molecule has 1 N–H and O–H groups in total. The van der Waals surface area contributed by atoms with E-state index in [1.807, 2.05) is 36.4 Å². The number of ether oxygens (including phenoxy) is 2. The number of hydrogen-bond donors (Lipinski definition) is 1. The van der Waals surface area contributed by atoms with Crippen LogP contribution in [0.3, 0.4) is 0 Å². The Balaban J connectivity index is 1.50. The fourth-order valence-corrected chi connectivity index (χ4v) is 5.08. The van der Waals surface area contributed by atoms with E-state index in [-0.39, 0.29) is 11.9 Å². The second kappa shape index (κ2) is 9.62. The lowest BCUT2D eigenvalue weighted by atomic mass is 10.1. The summed E-state index contributed by atoms with van der Waals surface area (Å²) in [6.07, 6.45) is 3.47. The molecule has 1 saturated heterocycles. The third kappa shape index (κ3) is 4.84. The molecule has 1 saturated carbocycles. The SMILES string of the molecule is CC(OC(=O)c1cc(-c2ccccc2)c(N2CCOCC2)s1)C(=O)NC1CCCC1. The summed E-state index contributed by atoms with van der Waals surface area (Å²) in [4.78, 5) is 28.0. The molecular weight excluding hydrogens is 400 g/mol. The van der Waals surface area contributed by atoms with E-state index in [1.165, 1.54) is 11.3 Å². The van der Waals surface area contributed by atoms with Crippen molar-refractivity contribution >= 4 is 28.2 Å². The van der Waals surface area contributed by atoms with Crippen LogP contribution in [0.1, 0.15) is 42.3 Å². The van der Waals surface area contributed by atoms with Crippen LogP contribution in [0.4, 0.5) is 5.00 Å². The van der Waals surface area contributed by atoms with Crippen molar-refractivity contribution in [2.75, 3.05) is 31.2 Å². The first-order valence-corrected chi connectivity index (χ1v) is 11.5. The van der Waals surface area contributed by atoms with E-state index in [9.17, 15) is 9.59 Å². The predicted molar refractivity (Wildman–Crippen MR) is 118 cm³/mol. The number of nitrogens with one attached hydrogen (secondary N) is 1. The largest absolute Gasteiger partial charge is 0.448 e. The van der Waals surface area contributed by atoms with Gasteiger partial charge >= 0.3 is 5.97 Å². The van der Waals surface area contributed by atoms with Crippen LogP contribution in [0.2, 0.25) is 0 Å². The fraction of sp³-hybridized carbons (Fsp3) is 0.478. The minimum absolute atomic E-state index is 0.206. The van der Waals surface area contributed by atoms with Crippen molar-refractivity contribution in [3.8, 4) is 11.1 Å². The lowest BCUT2D eigenvalue weighted by Gasteiger charge is -2.28. The molecule has 1 aromatic carbocycles. The number of morpholine rings is 1. The molecule has 7 heteroatoms. The van der Waals surface area contributed by atoms with Crippen molar-refractivity contribution in [1.82, 2.24) is 5.32 Å². The predicted octanol–water partition coefficient (Wildman–Crippen LogP) is 3.86. The van der Waals surface area contributed by atoms with Crippen LogP contribution in [-0.4, -0.2) is 50.3 Å². The van der Waals surface area contributed by atoms with Gasteiger partial charge in [0.1, 0.15) is 4.88 Å². The molecule has 0 bridgehead atoms. The van der Waals surface area contributed by atoms with Gasteiger partial charge in [0.2, 0.25) is 0 Å². The number of rotatable bonds is 6. The van der Waals surface area contributed by atoms with Crippen molar-refractivity contribution < 1.29 is 19.1 Å². The molecular formula is C23H28N2O4S. The first kappa shape index (κ1) is 20.9. The topological polar surface area (TPSA) is 67.9 Å². The average Bonchev–Trinajstić information content (AvgIpc) is 3.45. The molecule has 0 spiro atoms. The molecule has 160 valence electrons. The maximum atomic E-state index is 12.8. The van der Waals surface area contributed by atoms with E-state index >= 15 is 0 Å². The summed E-state index contributed by atoms with van der Waals surface area (Å²) in [7, 11) is 0. The van der Waals surface area contributed by atoms with Gasteiger partial charge in [0.15, 0.2) is 6.10 Å². The third-order valence-corrected chi connectivity index (χ3v) is 6.83. The highest BCUT2D eigenvalue weighted by Gasteiger charge is 2.26. The number of amides is 1. The van der Waals surface area contributed by atoms with Gasteiger partial charge in [-0.3, -0.25) is 4.79 Å². The first-order valence-electron chi connectivity index (χ1n) is 10.6. The molecule has 30 heavy (non-hydrogen) atoms. The summed E-state index contributed by atoms with van der Waals surface area (Å²) in [6, 6.07) is 12.1. The van der Waals surface area contributed by atoms with Gasteiger partial charge in [0.25, 0.3) is 5.91 Å². The highest BCUT2D eigenvalue weighted by molar-refractivity contribution is 7.18. The number of carbonyl (C=O) groups is 2. The van der Waals surface area contributed by atoms with Crippen LogP contribution in [0, 0.1) is 0 Å². The Morgan fingerprint density at radius 3 is 2.57 bits per heavy atom. The Morgan fingerprint density at radius 2 is 1.87 bits per heavy atom. The summed E-state index contributed by atoms with van der Waals surface area (Å²) in [5.74, 6) is -0.672. The van der Waals surface area contributed by atoms with Crippen molar-refractivity contribution in [3.05, 3.63) is 41.3 Å². The quantitative estimate of drug-likeness (QED) is 0.708. The lowest BCUT2D eigenvalue weighted by Crippen LogP contribution is -2.40. The molecule has 2 aliphatic rings. The zero-order chi connectivity index (χ0) is 20.9. The Bertz CT molecular complexity index is 871. The molecule has 2 aromatic rings. The van der Waals surface area contributed by atoms with Crippen molar-refractivity contribution in [1.29, 1.82) is 0 Å². The maximum absolute atomic E-state index is 12.8. The number of nitrogens with zero attached hydrogens (tertiary/aromatic N) is 1. The standard InChI is InChI=1S/C23H28N2O4S/c1-16(21(26)24-18-9-5-6-10-18)29-23(27)20-15-19(17-7-3-2-4-8-17)22(30-20)25-11-13-28-14-12-25/h2-4,7-8,15-16,18H,5-6,9-14H2,1H3,(H,24,26). The zero-order valence-electron chi connectivity index (χ0n) is 17.3. The lowest BCUT2D eigenvalue weighted by molar-refractivity contribution is -0.129. The van der Waals surface area contributed by atoms with E-state index in [0.29, 0.717) is 18.1 Å². The molecule has 1 aliphatic heterocycles. The molecule has 0 radical (unpaired) electrons. The van der Waals surface area contributed by atoms with E-state index in [2.05, 4.69) is 10.2 Å². The Hall–Kier alpha value is -2.38. The average molecular weight is 429 g/mol. The van der Waals surface area contributed by atoms with Crippen LogP contribution in [-0.2, 0) is 14.3 Å². The number of benzene rings is 1. The van der Waals surface area contributed by atoms with E-state index < -0.39 is 12.1 Å². The second-order valence-corrected chi connectivity index (χ2v) is 8.86. The van der Waals surface area contributed by atoms with Gasteiger partial charge in [-0.15, -0.1) is 11.3 Å². The van der Waals surface area contributed by atoms with Crippen LogP contribution in [0.15, 0.2) is 36.4 Å². The van der Waals surface area contributed by atoms with Crippen LogP contribution >= 0.6 is 11.3 Å². The Labute approximate surface area is 181 Å². The maximum Gasteiger partial charge on any atom is 0.349 e. The van der Waals surface area contributed by atoms with Gasteiger partial charge in [-0.2, -0.15) is 0 Å². The minimum Gasteiger partial charge on any atom is -0.448 e. The number of thiophene rings is 1. The number of hydrogen-bond acceptors (Lipinski definition) is 6. The molecule has 1 unspecified atom stereocenters. The van der Waals surface area contributed by atoms with Gasteiger partial charge < -0.3 is 19.7 Å². The smallest absolute Gasteiger partial charge is 0.349 e. The van der Waals surface area contributed by atoms with Gasteiger partial charge in [-0.1, -0.05) is 43.2 Å². The van der Waals surface area contributed by atoms with Crippen LogP contribution in [0.25, 0.3) is 11.1 Å². The Morgan fingerprint density at radius 1 is 1.17 bits per heavy atom. The molecule has 1 amide bonds. The number of anilines is 1. The number of carbonyl (C=O) groups excluding carboxylic acids is 2. The minimum atomic E-state index is -0.813. The van der Waals surface area contributed by atoms with E-state index in [0.717, 1.165) is 54.9 Å². The normalized spacial score (nSPS) is 18.2. The van der Waals surface area contributed by atoms with E-state index in [4.69, 9.17) is 9.47 Å². The highest BCUT2D eigenvalue weighted by atomic mass is 32.1. The van der Waals surface area contributed by atoms with Gasteiger partial charge in [0.05, 0.1) is 18.2 Å². The number of esters is 1. The summed E-state index contributed by atoms with van der Waals surface area (Å²) >= 11 is 1.42. The third-order valence-electron chi connectivity index (χ3n) is 5.65. The molecule has 1 atom stereocenters. The molecule has 2 heterocycles. The van der Waals surface area contributed by atoms with Crippen LogP contribution < -0.4 is 10.2 Å². The molecule has 2 fully saturated rings. The van der Waals surface area contributed by atoms with E-state index in [1.54, 1.807) is 6.92 Å². The second-order valence-electron chi connectivity index (χ2n) is 7.83. The molecule has 1 aromatic heterocycles. The summed E-state index contributed by atoms with van der Waals surface area (Å²) < 4.78 is 11.0. The summed E-state index contributed by atoms with van der Waals surface area (Å²) in [6.45, 7) is 4.55. The fourth-order valence-electron chi connectivity index (χ4n) is 3.97. The first-order chi connectivity index (χ1) is 14.6. The van der Waals surface area contributed by atoms with Crippen molar-refractivity contribution in [2.24, 2.45) is 0 Å². The molecule has 1 aliphatic carbocycles. The van der Waals surface area contributed by atoms with Gasteiger partial charge in [-0.25, -0.2) is 4.79 Å². The summed E-state index contributed by atoms with van der Waals surface area (Å²) in [5.41, 5.74) is 2.07. The van der Waals surface area contributed by atoms with Gasteiger partial charge in [0, 0.05) is 24.7 Å². The summed E-state index contributed by atoms with van der Waals surface area (Å²) in [5, 5.41) is 4.04. The van der Waals surface area contributed by atoms with Crippen LogP contribution in [0.5, 0.6) is 0 Å².